The number of halogens is 1. The first kappa shape index (κ1) is 18.0. The monoisotopic (exact) mass is 400 g/mol. The van der Waals surface area contributed by atoms with E-state index in [4.69, 9.17) is 21.6 Å². The Labute approximate surface area is 175 Å². The molecule has 144 valence electrons. The minimum atomic E-state index is 0.697. The van der Waals surface area contributed by atoms with Crippen molar-refractivity contribution in [1.29, 1.82) is 0 Å². The summed E-state index contributed by atoms with van der Waals surface area (Å²) in [5.74, 6) is 0.784. The predicted molar refractivity (Wildman–Crippen MR) is 121 cm³/mol. The molecule has 5 rings (SSSR count). The van der Waals surface area contributed by atoms with Gasteiger partial charge in [0.05, 0.1) is 11.2 Å². The van der Waals surface area contributed by atoms with Crippen LogP contribution in [0.25, 0.3) is 22.2 Å². The Balaban J connectivity index is 1.49. The minimum absolute atomic E-state index is 0.697. The fraction of sp³-hybridized carbons (Fsp3) is 0.167. The van der Waals surface area contributed by atoms with Gasteiger partial charge >= 0.3 is 0 Å². The third-order valence-electron chi connectivity index (χ3n) is 5.38. The van der Waals surface area contributed by atoms with E-state index in [1.165, 1.54) is 5.69 Å². The number of para-hydroxylation sites is 1. The van der Waals surface area contributed by atoms with Crippen LogP contribution in [-0.4, -0.2) is 36.1 Å². The highest BCUT2D eigenvalue weighted by atomic mass is 35.5. The fourth-order valence-electron chi connectivity index (χ4n) is 3.85. The molecule has 1 aromatic heterocycles. The second kappa shape index (κ2) is 7.72. The van der Waals surface area contributed by atoms with Gasteiger partial charge in [0.1, 0.15) is 0 Å². The van der Waals surface area contributed by atoms with Gasteiger partial charge in [-0.3, -0.25) is 0 Å². The lowest BCUT2D eigenvalue weighted by atomic mass is 10.1. The van der Waals surface area contributed by atoms with Crippen molar-refractivity contribution < 1.29 is 0 Å². The number of rotatable bonds is 3. The molecule has 0 unspecified atom stereocenters. The van der Waals surface area contributed by atoms with Crippen molar-refractivity contribution in [2.45, 2.75) is 0 Å². The molecule has 0 atom stereocenters. The van der Waals surface area contributed by atoms with E-state index in [-0.39, 0.29) is 0 Å². The lowest BCUT2D eigenvalue weighted by Crippen LogP contribution is -2.47. The third-order valence-corrected chi connectivity index (χ3v) is 5.61. The van der Waals surface area contributed by atoms with Gasteiger partial charge in [0.15, 0.2) is 0 Å². The smallest absolute Gasteiger partial charge is 0.226 e. The topological polar surface area (TPSA) is 32.3 Å². The Morgan fingerprint density at radius 1 is 0.690 bits per heavy atom. The maximum Gasteiger partial charge on any atom is 0.226 e. The maximum absolute atomic E-state index is 6.27. The second-order valence-corrected chi connectivity index (χ2v) is 7.65. The molecule has 0 bridgehead atoms. The molecule has 0 aliphatic carbocycles. The summed E-state index contributed by atoms with van der Waals surface area (Å²) in [6, 6.07) is 26.6. The van der Waals surface area contributed by atoms with Crippen LogP contribution in [0, 0.1) is 0 Å². The molecule has 0 radical (unpaired) electrons. The highest BCUT2D eigenvalue weighted by Gasteiger charge is 2.21. The lowest BCUT2D eigenvalue weighted by Gasteiger charge is -2.36. The highest BCUT2D eigenvalue weighted by molar-refractivity contribution is 6.31. The normalized spacial score (nSPS) is 14.4. The van der Waals surface area contributed by atoms with Crippen LogP contribution < -0.4 is 9.80 Å². The molecule has 1 fully saturated rings. The van der Waals surface area contributed by atoms with Gasteiger partial charge in [-0.1, -0.05) is 60.1 Å². The largest absolute Gasteiger partial charge is 0.368 e. The van der Waals surface area contributed by atoms with Gasteiger partial charge in [0, 0.05) is 47.8 Å². The van der Waals surface area contributed by atoms with Gasteiger partial charge in [0.25, 0.3) is 0 Å². The Morgan fingerprint density at radius 2 is 1.34 bits per heavy atom. The zero-order valence-electron chi connectivity index (χ0n) is 16.0. The van der Waals surface area contributed by atoms with Crippen LogP contribution in [0.15, 0.2) is 78.9 Å². The van der Waals surface area contributed by atoms with E-state index in [1.54, 1.807) is 0 Å². The van der Waals surface area contributed by atoms with Gasteiger partial charge in [-0.15, -0.1) is 0 Å². The summed E-state index contributed by atoms with van der Waals surface area (Å²) in [5.41, 5.74) is 4.19. The highest BCUT2D eigenvalue weighted by Crippen LogP contribution is 2.30. The SMILES string of the molecule is Clc1ccc2nc(N3CCN(c4ccccc4)CC3)nc(-c3ccccc3)c2c1. The molecule has 4 nitrogen and oxygen atoms in total. The number of hydrogen-bond donors (Lipinski definition) is 0. The van der Waals surface area contributed by atoms with Crippen molar-refractivity contribution in [3.63, 3.8) is 0 Å². The fourth-order valence-corrected chi connectivity index (χ4v) is 4.02. The number of benzene rings is 3. The zero-order chi connectivity index (χ0) is 19.6. The molecule has 0 N–H and O–H groups in total. The van der Waals surface area contributed by atoms with E-state index in [1.807, 2.05) is 36.4 Å². The first-order valence-corrected chi connectivity index (χ1v) is 10.2. The van der Waals surface area contributed by atoms with Crippen LogP contribution in [-0.2, 0) is 0 Å². The van der Waals surface area contributed by atoms with Gasteiger partial charge < -0.3 is 9.80 Å². The van der Waals surface area contributed by atoms with Crippen molar-refractivity contribution >= 4 is 34.1 Å². The van der Waals surface area contributed by atoms with Crippen LogP contribution in [0.4, 0.5) is 11.6 Å². The molecule has 2 heterocycles. The summed E-state index contributed by atoms with van der Waals surface area (Å²) in [6.07, 6.45) is 0. The molecule has 0 spiro atoms. The average Bonchev–Trinajstić information content (AvgIpc) is 2.80. The molecule has 0 saturated carbocycles. The Bertz CT molecular complexity index is 1120. The molecule has 1 aliphatic rings. The van der Waals surface area contributed by atoms with Crippen LogP contribution in [0.3, 0.4) is 0 Å². The summed E-state index contributed by atoms with van der Waals surface area (Å²) in [7, 11) is 0. The van der Waals surface area contributed by atoms with Gasteiger partial charge in [-0.25, -0.2) is 9.97 Å². The molecule has 29 heavy (non-hydrogen) atoms. The van der Waals surface area contributed by atoms with Crippen molar-refractivity contribution in [2.24, 2.45) is 0 Å². The number of piperazine rings is 1. The molecule has 0 amide bonds. The van der Waals surface area contributed by atoms with Crippen LogP contribution in [0.5, 0.6) is 0 Å². The van der Waals surface area contributed by atoms with Gasteiger partial charge in [0.2, 0.25) is 5.95 Å². The number of fused-ring (bicyclic) bond motifs is 1. The lowest BCUT2D eigenvalue weighted by molar-refractivity contribution is 0.641. The average molecular weight is 401 g/mol. The summed E-state index contributed by atoms with van der Waals surface area (Å²) in [6.45, 7) is 3.68. The predicted octanol–water partition coefficient (Wildman–Crippen LogP) is 5.28. The second-order valence-electron chi connectivity index (χ2n) is 7.21. The molecule has 4 aromatic rings. The first-order chi connectivity index (χ1) is 14.3. The van der Waals surface area contributed by atoms with Crippen LogP contribution in [0.1, 0.15) is 0 Å². The summed E-state index contributed by atoms with van der Waals surface area (Å²) >= 11 is 6.27. The van der Waals surface area contributed by atoms with Crippen molar-refractivity contribution in [3.05, 3.63) is 83.9 Å². The summed E-state index contributed by atoms with van der Waals surface area (Å²) in [4.78, 5) is 14.5. The molecule has 5 heteroatoms. The molecular formula is C24H21ClN4. The van der Waals surface area contributed by atoms with Gasteiger partial charge in [-0.05, 0) is 30.3 Å². The van der Waals surface area contributed by atoms with Crippen molar-refractivity contribution in [2.75, 3.05) is 36.0 Å². The van der Waals surface area contributed by atoms with E-state index in [2.05, 4.69) is 52.3 Å². The molecular weight excluding hydrogens is 380 g/mol. The maximum atomic E-state index is 6.27. The van der Waals surface area contributed by atoms with Crippen LogP contribution in [0.2, 0.25) is 5.02 Å². The number of hydrogen-bond acceptors (Lipinski definition) is 4. The van der Waals surface area contributed by atoms with E-state index in [0.717, 1.165) is 54.3 Å². The Kier molecular flexibility index (Phi) is 4.78. The van der Waals surface area contributed by atoms with E-state index in [9.17, 15) is 0 Å². The van der Waals surface area contributed by atoms with E-state index in [0.29, 0.717) is 5.02 Å². The minimum Gasteiger partial charge on any atom is -0.368 e. The molecule has 1 saturated heterocycles. The van der Waals surface area contributed by atoms with Crippen LogP contribution >= 0.6 is 11.6 Å². The molecule has 1 aliphatic heterocycles. The summed E-state index contributed by atoms with van der Waals surface area (Å²) in [5, 5.41) is 1.68. The molecule has 3 aromatic carbocycles. The zero-order valence-corrected chi connectivity index (χ0v) is 16.8. The Hall–Kier alpha value is -3.11. The number of anilines is 2. The third kappa shape index (κ3) is 3.64. The Morgan fingerprint density at radius 3 is 2.07 bits per heavy atom. The number of aromatic nitrogens is 2. The summed E-state index contributed by atoms with van der Waals surface area (Å²) < 4.78 is 0. The quantitative estimate of drug-likeness (QED) is 0.468. The number of nitrogens with zero attached hydrogens (tertiary/aromatic N) is 4. The van der Waals surface area contributed by atoms with Crippen molar-refractivity contribution in [3.8, 4) is 11.3 Å². The van der Waals surface area contributed by atoms with E-state index < -0.39 is 0 Å². The first-order valence-electron chi connectivity index (χ1n) is 9.85. The van der Waals surface area contributed by atoms with E-state index >= 15 is 0 Å². The van der Waals surface area contributed by atoms with Crippen molar-refractivity contribution in [1.82, 2.24) is 9.97 Å². The standard InChI is InChI=1S/C24H21ClN4/c25-19-11-12-22-21(17-19)23(18-7-3-1-4-8-18)27-24(26-22)29-15-13-28(14-16-29)20-9-5-2-6-10-20/h1-12,17H,13-16H2. The van der Waals surface area contributed by atoms with Gasteiger partial charge in [-0.2, -0.15) is 0 Å².